The third kappa shape index (κ3) is 3.80. The van der Waals surface area contributed by atoms with Crippen molar-refractivity contribution in [3.05, 3.63) is 28.5 Å². The number of carbonyl (C=O) groups excluding carboxylic acids is 1. The Morgan fingerprint density at radius 1 is 1.39 bits per heavy atom. The van der Waals surface area contributed by atoms with Gasteiger partial charge in [0.15, 0.2) is 0 Å². The van der Waals surface area contributed by atoms with Crippen molar-refractivity contribution < 1.29 is 4.79 Å². The number of rotatable bonds is 3. The maximum absolute atomic E-state index is 11.9. The van der Waals surface area contributed by atoms with Crippen molar-refractivity contribution >= 4 is 21.8 Å². The Labute approximate surface area is 117 Å². The molecule has 1 saturated carbocycles. The first-order valence-corrected chi connectivity index (χ1v) is 7.35. The van der Waals surface area contributed by atoms with Crippen molar-refractivity contribution in [3.8, 4) is 0 Å². The van der Waals surface area contributed by atoms with Gasteiger partial charge in [-0.15, -0.1) is 0 Å². The zero-order valence-corrected chi connectivity index (χ0v) is 12.2. The summed E-state index contributed by atoms with van der Waals surface area (Å²) in [7, 11) is 0. The summed E-state index contributed by atoms with van der Waals surface area (Å²) < 4.78 is 0.696. The van der Waals surface area contributed by atoms with Crippen LogP contribution in [0.5, 0.6) is 0 Å². The number of aromatic nitrogens is 1. The van der Waals surface area contributed by atoms with Gasteiger partial charge < -0.3 is 5.32 Å². The van der Waals surface area contributed by atoms with E-state index in [9.17, 15) is 4.79 Å². The number of amides is 1. The third-order valence-electron chi connectivity index (χ3n) is 3.63. The van der Waals surface area contributed by atoms with E-state index >= 15 is 0 Å². The summed E-state index contributed by atoms with van der Waals surface area (Å²) in [5.74, 6) is 1.41. The maximum atomic E-state index is 11.9. The second-order valence-electron chi connectivity index (χ2n) is 5.18. The van der Waals surface area contributed by atoms with E-state index in [1.807, 2.05) is 12.1 Å². The van der Waals surface area contributed by atoms with E-state index in [0.29, 0.717) is 16.2 Å². The molecule has 1 heterocycles. The molecular weight excluding hydrogens is 292 g/mol. The largest absolute Gasteiger partial charge is 0.350 e. The Kier molecular flexibility index (Phi) is 4.75. The average Bonchev–Trinajstić information content (AvgIpc) is 2.38. The van der Waals surface area contributed by atoms with Crippen LogP contribution in [-0.2, 0) is 0 Å². The Morgan fingerprint density at radius 2 is 2.11 bits per heavy atom. The number of pyridine rings is 1. The molecule has 0 unspecified atom stereocenters. The van der Waals surface area contributed by atoms with Gasteiger partial charge in [-0.1, -0.05) is 25.8 Å². The summed E-state index contributed by atoms with van der Waals surface area (Å²) in [5.41, 5.74) is 0.480. The first kappa shape index (κ1) is 13.5. The fourth-order valence-corrected chi connectivity index (χ4v) is 2.74. The lowest BCUT2D eigenvalue weighted by molar-refractivity contribution is 0.0936. The number of halogens is 1. The van der Waals surface area contributed by atoms with Crippen molar-refractivity contribution in [1.82, 2.24) is 10.3 Å². The molecule has 18 heavy (non-hydrogen) atoms. The van der Waals surface area contributed by atoms with E-state index in [1.165, 1.54) is 25.7 Å². The first-order chi connectivity index (χ1) is 8.65. The molecule has 1 aromatic heterocycles. The molecule has 0 saturated heterocycles. The highest BCUT2D eigenvalue weighted by atomic mass is 79.9. The molecule has 3 nitrogen and oxygen atoms in total. The molecule has 0 aromatic carbocycles. The predicted octanol–water partition coefficient (Wildman–Crippen LogP) is 3.40. The van der Waals surface area contributed by atoms with Crippen molar-refractivity contribution in [2.24, 2.45) is 11.8 Å². The van der Waals surface area contributed by atoms with Gasteiger partial charge in [0.1, 0.15) is 10.3 Å². The van der Waals surface area contributed by atoms with Gasteiger partial charge in [-0.3, -0.25) is 4.79 Å². The van der Waals surface area contributed by atoms with Crippen molar-refractivity contribution in [1.29, 1.82) is 0 Å². The maximum Gasteiger partial charge on any atom is 0.269 e. The zero-order valence-electron chi connectivity index (χ0n) is 10.7. The van der Waals surface area contributed by atoms with E-state index in [-0.39, 0.29) is 5.91 Å². The van der Waals surface area contributed by atoms with Crippen LogP contribution in [0.25, 0.3) is 0 Å². The molecule has 4 heteroatoms. The van der Waals surface area contributed by atoms with E-state index in [0.717, 1.165) is 12.5 Å². The van der Waals surface area contributed by atoms with Gasteiger partial charge in [-0.2, -0.15) is 0 Å². The van der Waals surface area contributed by atoms with Crippen molar-refractivity contribution in [2.75, 3.05) is 6.54 Å². The molecule has 2 rings (SSSR count). The summed E-state index contributed by atoms with van der Waals surface area (Å²) in [6.45, 7) is 3.08. The van der Waals surface area contributed by atoms with Crippen LogP contribution in [0, 0.1) is 11.8 Å². The fraction of sp³-hybridized carbons (Fsp3) is 0.571. The monoisotopic (exact) mass is 310 g/mol. The molecule has 0 radical (unpaired) electrons. The Bertz CT molecular complexity index is 414. The minimum atomic E-state index is -0.0741. The molecule has 0 aliphatic heterocycles. The summed E-state index contributed by atoms with van der Waals surface area (Å²) >= 11 is 3.27. The summed E-state index contributed by atoms with van der Waals surface area (Å²) in [6, 6.07) is 5.39. The van der Waals surface area contributed by atoms with Crippen LogP contribution < -0.4 is 5.32 Å². The van der Waals surface area contributed by atoms with Gasteiger partial charge >= 0.3 is 0 Å². The van der Waals surface area contributed by atoms with Crippen LogP contribution in [0.4, 0.5) is 0 Å². The van der Waals surface area contributed by atoms with Crippen LogP contribution in [0.15, 0.2) is 22.8 Å². The second kappa shape index (κ2) is 6.32. The standard InChI is InChI=1S/C14H19BrN2O/c1-10-5-7-11(8-6-10)9-16-14(18)12-3-2-4-13(15)17-12/h2-4,10-11H,5-9H2,1H3,(H,16,18). The lowest BCUT2D eigenvalue weighted by atomic mass is 9.83. The van der Waals surface area contributed by atoms with Gasteiger partial charge in [-0.25, -0.2) is 4.98 Å². The number of carbonyl (C=O) groups is 1. The topological polar surface area (TPSA) is 42.0 Å². The molecule has 1 aliphatic rings. The van der Waals surface area contributed by atoms with E-state index in [1.54, 1.807) is 6.07 Å². The molecule has 1 aliphatic carbocycles. The highest BCUT2D eigenvalue weighted by Gasteiger charge is 2.19. The van der Waals surface area contributed by atoms with Gasteiger partial charge in [0, 0.05) is 6.54 Å². The number of nitrogens with zero attached hydrogens (tertiary/aromatic N) is 1. The Morgan fingerprint density at radius 3 is 2.78 bits per heavy atom. The van der Waals surface area contributed by atoms with Gasteiger partial charge in [0.25, 0.3) is 5.91 Å². The van der Waals surface area contributed by atoms with Crippen LogP contribution in [0.1, 0.15) is 43.1 Å². The first-order valence-electron chi connectivity index (χ1n) is 6.56. The molecule has 0 atom stereocenters. The minimum absolute atomic E-state index is 0.0741. The fourth-order valence-electron chi connectivity index (χ4n) is 2.40. The quantitative estimate of drug-likeness (QED) is 0.869. The van der Waals surface area contributed by atoms with E-state index in [2.05, 4.69) is 33.2 Å². The second-order valence-corrected chi connectivity index (χ2v) is 5.99. The molecule has 1 N–H and O–H groups in total. The van der Waals surface area contributed by atoms with Crippen molar-refractivity contribution in [2.45, 2.75) is 32.6 Å². The lowest BCUT2D eigenvalue weighted by Gasteiger charge is -2.26. The smallest absolute Gasteiger partial charge is 0.269 e. The number of hydrogen-bond donors (Lipinski definition) is 1. The molecule has 0 bridgehead atoms. The number of hydrogen-bond acceptors (Lipinski definition) is 2. The lowest BCUT2D eigenvalue weighted by Crippen LogP contribution is -2.31. The highest BCUT2D eigenvalue weighted by Crippen LogP contribution is 2.27. The molecule has 1 fully saturated rings. The zero-order chi connectivity index (χ0) is 13.0. The van der Waals surface area contributed by atoms with Crippen LogP contribution in [0.2, 0.25) is 0 Å². The van der Waals surface area contributed by atoms with Gasteiger partial charge in [0.05, 0.1) is 0 Å². The summed E-state index contributed by atoms with van der Waals surface area (Å²) in [6.07, 6.45) is 5.03. The van der Waals surface area contributed by atoms with E-state index < -0.39 is 0 Å². The van der Waals surface area contributed by atoms with Crippen LogP contribution in [-0.4, -0.2) is 17.4 Å². The van der Waals surface area contributed by atoms with Gasteiger partial charge in [-0.05, 0) is 52.7 Å². The predicted molar refractivity (Wildman–Crippen MR) is 75.4 cm³/mol. The summed E-state index contributed by atoms with van der Waals surface area (Å²) in [4.78, 5) is 16.1. The summed E-state index contributed by atoms with van der Waals surface area (Å²) in [5, 5.41) is 2.99. The Hall–Kier alpha value is -0.900. The molecular formula is C14H19BrN2O. The molecule has 1 amide bonds. The van der Waals surface area contributed by atoms with E-state index in [4.69, 9.17) is 0 Å². The van der Waals surface area contributed by atoms with Crippen LogP contribution >= 0.6 is 15.9 Å². The normalized spacial score (nSPS) is 23.7. The molecule has 98 valence electrons. The average molecular weight is 311 g/mol. The molecule has 0 spiro atoms. The Balaban J connectivity index is 1.81. The highest BCUT2D eigenvalue weighted by molar-refractivity contribution is 9.10. The van der Waals surface area contributed by atoms with Crippen LogP contribution in [0.3, 0.4) is 0 Å². The third-order valence-corrected chi connectivity index (χ3v) is 4.08. The minimum Gasteiger partial charge on any atom is -0.350 e. The SMILES string of the molecule is CC1CCC(CNC(=O)c2cccc(Br)n2)CC1. The van der Waals surface area contributed by atoms with Crippen molar-refractivity contribution in [3.63, 3.8) is 0 Å². The van der Waals surface area contributed by atoms with Gasteiger partial charge in [0.2, 0.25) is 0 Å². The number of nitrogens with one attached hydrogen (secondary N) is 1. The molecule has 1 aromatic rings.